The molecule has 4 rings (SSSR count). The Morgan fingerprint density at radius 3 is 2.03 bits per heavy atom. The van der Waals surface area contributed by atoms with E-state index in [9.17, 15) is 14.4 Å². The third-order valence-electron chi connectivity index (χ3n) is 5.08. The quantitative estimate of drug-likeness (QED) is 0.426. The Morgan fingerprint density at radius 2 is 1.40 bits per heavy atom. The Kier molecular flexibility index (Phi) is 5.44. The summed E-state index contributed by atoms with van der Waals surface area (Å²) in [5, 5.41) is 0. The van der Waals surface area contributed by atoms with Gasteiger partial charge < -0.3 is 4.74 Å². The lowest BCUT2D eigenvalue weighted by Gasteiger charge is -2.27. The zero-order chi connectivity index (χ0) is 21.1. The Morgan fingerprint density at radius 1 is 0.833 bits per heavy atom. The van der Waals surface area contributed by atoms with Crippen LogP contribution in [-0.4, -0.2) is 28.7 Å². The molecule has 0 saturated carbocycles. The molecule has 0 aromatic heterocycles. The number of fused-ring (bicyclic) bond motifs is 1. The van der Waals surface area contributed by atoms with Crippen LogP contribution in [0.3, 0.4) is 0 Å². The van der Waals surface area contributed by atoms with Crippen molar-refractivity contribution >= 4 is 17.6 Å². The number of para-hydroxylation sites is 1. The van der Waals surface area contributed by atoms with Gasteiger partial charge in [-0.3, -0.25) is 14.4 Å². The molecule has 30 heavy (non-hydrogen) atoms. The van der Waals surface area contributed by atoms with Gasteiger partial charge in [0.05, 0.1) is 16.7 Å². The van der Waals surface area contributed by atoms with E-state index in [-0.39, 0.29) is 17.6 Å². The van der Waals surface area contributed by atoms with Crippen molar-refractivity contribution in [3.8, 4) is 5.75 Å². The fraction of sp³-hybridized carbons (Fsp3) is 0.160. The van der Waals surface area contributed by atoms with Crippen LogP contribution < -0.4 is 4.74 Å². The first-order valence-electron chi connectivity index (χ1n) is 9.94. The van der Waals surface area contributed by atoms with Gasteiger partial charge in [-0.15, -0.1) is 0 Å². The molecule has 0 N–H and O–H groups in total. The van der Waals surface area contributed by atoms with Gasteiger partial charge in [0.1, 0.15) is 5.75 Å². The van der Waals surface area contributed by atoms with Crippen molar-refractivity contribution < 1.29 is 19.1 Å². The largest absolute Gasteiger partial charge is 0.469 e. The molecule has 0 fully saturated rings. The molecular weight excluding hydrogens is 378 g/mol. The second-order valence-electron chi connectivity index (χ2n) is 7.08. The fourth-order valence-electron chi connectivity index (χ4n) is 3.61. The van der Waals surface area contributed by atoms with Gasteiger partial charge in [-0.2, -0.15) is 0 Å². The van der Waals surface area contributed by atoms with Gasteiger partial charge in [-0.05, 0) is 24.3 Å². The summed E-state index contributed by atoms with van der Waals surface area (Å²) in [6.07, 6.45) is 0.360. The highest BCUT2D eigenvalue weighted by molar-refractivity contribution is 6.21. The third kappa shape index (κ3) is 3.50. The van der Waals surface area contributed by atoms with Crippen LogP contribution in [0.4, 0.5) is 0 Å². The maximum Gasteiger partial charge on any atom is 0.264 e. The number of rotatable bonds is 7. The second-order valence-corrected chi connectivity index (χ2v) is 7.08. The van der Waals surface area contributed by atoms with Crippen LogP contribution in [0.15, 0.2) is 78.9 Å². The molecule has 1 aliphatic rings. The summed E-state index contributed by atoms with van der Waals surface area (Å²) in [6, 6.07) is 22.6. The minimum atomic E-state index is -0.799. The van der Waals surface area contributed by atoms with E-state index in [2.05, 4.69) is 0 Å². The molecule has 3 aromatic rings. The number of hydrogen-bond acceptors (Lipinski definition) is 4. The predicted molar refractivity (Wildman–Crippen MR) is 113 cm³/mol. The monoisotopic (exact) mass is 399 g/mol. The fourth-order valence-corrected chi connectivity index (χ4v) is 3.61. The number of nitrogens with zero attached hydrogens (tertiary/aromatic N) is 1. The smallest absolute Gasteiger partial charge is 0.264 e. The SMILES string of the molecule is CCCC(Oc1ccccc1C(=O)c1ccccc1)N1C(=O)c2ccccc2C1=O. The van der Waals surface area contributed by atoms with Gasteiger partial charge in [0.2, 0.25) is 0 Å². The van der Waals surface area contributed by atoms with E-state index < -0.39 is 6.23 Å². The predicted octanol–water partition coefficient (Wildman–Crippen LogP) is 4.72. The number of hydrogen-bond donors (Lipinski definition) is 0. The summed E-state index contributed by atoms with van der Waals surface area (Å²) >= 11 is 0. The number of ether oxygens (including phenoxy) is 1. The van der Waals surface area contributed by atoms with Gasteiger partial charge in [-0.1, -0.05) is 67.9 Å². The summed E-state index contributed by atoms with van der Waals surface area (Å²) in [4.78, 5) is 40.0. The van der Waals surface area contributed by atoms with Crippen molar-refractivity contribution in [3.63, 3.8) is 0 Å². The van der Waals surface area contributed by atoms with Crippen molar-refractivity contribution in [2.75, 3.05) is 0 Å². The molecule has 0 aliphatic carbocycles. The first-order valence-corrected chi connectivity index (χ1v) is 9.94. The molecule has 0 bridgehead atoms. The van der Waals surface area contributed by atoms with Crippen LogP contribution in [0, 0.1) is 0 Å². The van der Waals surface area contributed by atoms with Gasteiger partial charge in [-0.25, -0.2) is 4.90 Å². The number of amides is 2. The maximum atomic E-state index is 13.0. The highest BCUT2D eigenvalue weighted by Gasteiger charge is 2.40. The molecule has 0 saturated heterocycles. The maximum absolute atomic E-state index is 13.0. The highest BCUT2D eigenvalue weighted by atomic mass is 16.5. The van der Waals surface area contributed by atoms with E-state index in [1.54, 1.807) is 72.8 Å². The van der Waals surface area contributed by atoms with Crippen LogP contribution >= 0.6 is 0 Å². The number of carbonyl (C=O) groups is 3. The molecule has 1 unspecified atom stereocenters. The minimum Gasteiger partial charge on any atom is -0.469 e. The number of ketones is 1. The molecule has 3 aromatic carbocycles. The van der Waals surface area contributed by atoms with Crippen molar-refractivity contribution in [2.24, 2.45) is 0 Å². The van der Waals surface area contributed by atoms with Crippen molar-refractivity contribution in [3.05, 3.63) is 101 Å². The summed E-state index contributed by atoms with van der Waals surface area (Å²) in [5.41, 5.74) is 1.68. The van der Waals surface area contributed by atoms with Crippen LogP contribution in [0.25, 0.3) is 0 Å². The molecule has 1 atom stereocenters. The molecule has 5 nitrogen and oxygen atoms in total. The van der Waals surface area contributed by atoms with Gasteiger partial charge in [0, 0.05) is 12.0 Å². The van der Waals surface area contributed by atoms with Crippen LogP contribution in [0.5, 0.6) is 5.75 Å². The normalized spacial score (nSPS) is 13.8. The Hall–Kier alpha value is -3.73. The lowest BCUT2D eigenvalue weighted by Crippen LogP contribution is -2.43. The molecule has 150 valence electrons. The Labute approximate surface area is 174 Å². The molecule has 2 amide bonds. The van der Waals surface area contributed by atoms with Crippen molar-refractivity contribution in [2.45, 2.75) is 26.0 Å². The molecule has 0 radical (unpaired) electrons. The van der Waals surface area contributed by atoms with Gasteiger partial charge in [0.15, 0.2) is 12.0 Å². The van der Waals surface area contributed by atoms with Crippen LogP contribution in [0.2, 0.25) is 0 Å². The first-order chi connectivity index (χ1) is 14.6. The van der Waals surface area contributed by atoms with E-state index in [0.717, 1.165) is 4.90 Å². The average Bonchev–Trinajstić information content (AvgIpc) is 3.04. The number of carbonyl (C=O) groups excluding carboxylic acids is 3. The van der Waals surface area contributed by atoms with Crippen LogP contribution in [-0.2, 0) is 0 Å². The van der Waals surface area contributed by atoms with Gasteiger partial charge >= 0.3 is 0 Å². The average molecular weight is 399 g/mol. The topological polar surface area (TPSA) is 63.7 Å². The van der Waals surface area contributed by atoms with E-state index in [0.29, 0.717) is 40.8 Å². The molecule has 0 spiro atoms. The van der Waals surface area contributed by atoms with Gasteiger partial charge in [0.25, 0.3) is 11.8 Å². The van der Waals surface area contributed by atoms with Crippen LogP contribution in [0.1, 0.15) is 56.4 Å². The number of imide groups is 1. The molecule has 1 heterocycles. The van der Waals surface area contributed by atoms with Crippen molar-refractivity contribution in [1.82, 2.24) is 4.90 Å². The zero-order valence-electron chi connectivity index (χ0n) is 16.6. The highest BCUT2D eigenvalue weighted by Crippen LogP contribution is 2.29. The Bertz CT molecular complexity index is 1070. The summed E-state index contributed by atoms with van der Waals surface area (Å²) < 4.78 is 6.15. The van der Waals surface area contributed by atoms with E-state index in [4.69, 9.17) is 4.74 Å². The standard InChI is InChI=1S/C25H21NO4/c1-2-10-22(26-24(28)18-13-6-7-14-19(18)25(26)29)30-21-16-9-8-15-20(21)23(27)17-11-4-3-5-12-17/h3-9,11-16,22H,2,10H2,1H3. The molecular formula is C25H21NO4. The summed E-state index contributed by atoms with van der Waals surface area (Å²) in [5.74, 6) is -0.577. The van der Waals surface area contributed by atoms with E-state index in [1.165, 1.54) is 0 Å². The third-order valence-corrected chi connectivity index (χ3v) is 5.08. The second kappa shape index (κ2) is 8.33. The van der Waals surface area contributed by atoms with E-state index in [1.807, 2.05) is 13.0 Å². The summed E-state index contributed by atoms with van der Waals surface area (Å²) in [7, 11) is 0. The Balaban J connectivity index is 1.67. The van der Waals surface area contributed by atoms with E-state index >= 15 is 0 Å². The number of benzene rings is 3. The minimum absolute atomic E-state index is 0.177. The zero-order valence-corrected chi connectivity index (χ0v) is 16.6. The summed E-state index contributed by atoms with van der Waals surface area (Å²) in [6.45, 7) is 1.95. The lowest BCUT2D eigenvalue weighted by atomic mass is 10.0. The molecule has 1 aliphatic heterocycles. The first kappa shape index (κ1) is 19.6. The lowest BCUT2D eigenvalue weighted by molar-refractivity contribution is 0.0205. The van der Waals surface area contributed by atoms with Crippen molar-refractivity contribution in [1.29, 1.82) is 0 Å². The molecule has 5 heteroatoms.